The SMILES string of the molecule is Cc1c(C(N)=O)cc(-c2cccnc2)n1C1CC1. The van der Waals surface area contributed by atoms with Gasteiger partial charge in [-0.2, -0.15) is 0 Å². The van der Waals surface area contributed by atoms with Crippen LogP contribution in [0.2, 0.25) is 0 Å². The molecule has 0 bridgehead atoms. The molecule has 1 aliphatic carbocycles. The Hall–Kier alpha value is -2.10. The Balaban J connectivity index is 2.19. The van der Waals surface area contributed by atoms with E-state index in [1.807, 2.05) is 31.3 Å². The van der Waals surface area contributed by atoms with Gasteiger partial charge in [-0.05, 0) is 38.0 Å². The first-order chi connectivity index (χ1) is 8.68. The number of carbonyl (C=O) groups is 1. The molecule has 0 saturated heterocycles. The van der Waals surface area contributed by atoms with Gasteiger partial charge in [-0.25, -0.2) is 0 Å². The van der Waals surface area contributed by atoms with Crippen molar-refractivity contribution >= 4 is 5.91 Å². The van der Waals surface area contributed by atoms with Gasteiger partial charge in [0.2, 0.25) is 0 Å². The first-order valence-corrected chi connectivity index (χ1v) is 6.10. The van der Waals surface area contributed by atoms with Crippen molar-refractivity contribution in [1.29, 1.82) is 0 Å². The minimum absolute atomic E-state index is 0.364. The summed E-state index contributed by atoms with van der Waals surface area (Å²) in [5, 5.41) is 0. The molecule has 2 heterocycles. The third kappa shape index (κ3) is 1.70. The van der Waals surface area contributed by atoms with Crippen molar-refractivity contribution in [2.75, 3.05) is 0 Å². The molecule has 2 N–H and O–H groups in total. The topological polar surface area (TPSA) is 60.9 Å². The van der Waals surface area contributed by atoms with E-state index in [4.69, 9.17) is 5.73 Å². The minimum Gasteiger partial charge on any atom is -0.366 e. The van der Waals surface area contributed by atoms with Gasteiger partial charge < -0.3 is 10.3 Å². The van der Waals surface area contributed by atoms with Gasteiger partial charge in [0, 0.05) is 29.7 Å². The molecule has 0 atom stereocenters. The Bertz CT molecular complexity index is 597. The van der Waals surface area contributed by atoms with E-state index in [-0.39, 0.29) is 5.91 Å². The monoisotopic (exact) mass is 241 g/mol. The lowest BCUT2D eigenvalue weighted by Crippen LogP contribution is -2.12. The standard InChI is InChI=1S/C14H15N3O/c1-9-12(14(15)18)7-13(17(9)11-4-5-11)10-3-2-6-16-8-10/h2-3,6-8,11H,4-5H2,1H3,(H2,15,18). The van der Waals surface area contributed by atoms with Gasteiger partial charge in [-0.3, -0.25) is 9.78 Å². The van der Waals surface area contributed by atoms with E-state index in [1.54, 1.807) is 6.20 Å². The van der Waals surface area contributed by atoms with Crippen LogP contribution in [-0.4, -0.2) is 15.5 Å². The number of pyridine rings is 1. The van der Waals surface area contributed by atoms with E-state index in [0.29, 0.717) is 11.6 Å². The van der Waals surface area contributed by atoms with Crippen molar-refractivity contribution in [2.45, 2.75) is 25.8 Å². The number of hydrogen-bond donors (Lipinski definition) is 1. The lowest BCUT2D eigenvalue weighted by Gasteiger charge is -2.10. The van der Waals surface area contributed by atoms with Gasteiger partial charge in [-0.1, -0.05) is 0 Å². The van der Waals surface area contributed by atoms with Crippen molar-refractivity contribution in [3.8, 4) is 11.3 Å². The molecule has 4 nitrogen and oxygen atoms in total. The van der Waals surface area contributed by atoms with Crippen LogP contribution >= 0.6 is 0 Å². The minimum atomic E-state index is -0.364. The largest absolute Gasteiger partial charge is 0.366 e. The number of nitrogens with zero attached hydrogens (tertiary/aromatic N) is 2. The zero-order chi connectivity index (χ0) is 12.7. The predicted octanol–water partition coefficient (Wildman–Crippen LogP) is 2.29. The molecule has 1 aliphatic rings. The molecule has 92 valence electrons. The fraction of sp³-hybridized carbons (Fsp3) is 0.286. The molecule has 1 fully saturated rings. The summed E-state index contributed by atoms with van der Waals surface area (Å²) < 4.78 is 2.22. The van der Waals surface area contributed by atoms with E-state index >= 15 is 0 Å². The smallest absolute Gasteiger partial charge is 0.250 e. The molecule has 0 unspecified atom stereocenters. The highest BCUT2D eigenvalue weighted by Crippen LogP contribution is 2.41. The summed E-state index contributed by atoms with van der Waals surface area (Å²) in [6.07, 6.45) is 5.90. The highest BCUT2D eigenvalue weighted by Gasteiger charge is 2.29. The summed E-state index contributed by atoms with van der Waals surface area (Å²) in [6.45, 7) is 1.96. The Labute approximate surface area is 105 Å². The van der Waals surface area contributed by atoms with Gasteiger partial charge in [0.25, 0.3) is 5.91 Å². The van der Waals surface area contributed by atoms with Crippen LogP contribution in [0, 0.1) is 6.92 Å². The molecule has 2 aromatic rings. The lowest BCUT2D eigenvalue weighted by molar-refractivity contribution is 0.0999. The van der Waals surface area contributed by atoms with E-state index < -0.39 is 0 Å². The zero-order valence-electron chi connectivity index (χ0n) is 10.3. The van der Waals surface area contributed by atoms with E-state index in [9.17, 15) is 4.79 Å². The predicted molar refractivity (Wildman–Crippen MR) is 69.2 cm³/mol. The molecular formula is C14H15N3O. The summed E-state index contributed by atoms with van der Waals surface area (Å²) in [4.78, 5) is 15.6. The molecular weight excluding hydrogens is 226 g/mol. The van der Waals surface area contributed by atoms with Crippen molar-refractivity contribution in [3.63, 3.8) is 0 Å². The quantitative estimate of drug-likeness (QED) is 0.896. The van der Waals surface area contributed by atoms with Gasteiger partial charge in [0.1, 0.15) is 0 Å². The average molecular weight is 241 g/mol. The maximum absolute atomic E-state index is 11.5. The summed E-state index contributed by atoms with van der Waals surface area (Å²) in [5.41, 5.74) is 9.07. The fourth-order valence-corrected chi connectivity index (χ4v) is 2.41. The Morgan fingerprint density at radius 3 is 2.83 bits per heavy atom. The van der Waals surface area contributed by atoms with Gasteiger partial charge in [0.15, 0.2) is 0 Å². The van der Waals surface area contributed by atoms with E-state index in [0.717, 1.165) is 17.0 Å². The Morgan fingerprint density at radius 2 is 2.28 bits per heavy atom. The van der Waals surface area contributed by atoms with E-state index in [1.165, 1.54) is 12.8 Å². The maximum Gasteiger partial charge on any atom is 0.250 e. The second-order valence-electron chi connectivity index (χ2n) is 4.74. The summed E-state index contributed by atoms with van der Waals surface area (Å²) in [6, 6.07) is 6.30. The number of carbonyl (C=O) groups excluding carboxylic acids is 1. The molecule has 0 aromatic carbocycles. The van der Waals surface area contributed by atoms with Crippen LogP contribution in [-0.2, 0) is 0 Å². The van der Waals surface area contributed by atoms with Crippen LogP contribution in [0.1, 0.15) is 34.9 Å². The fourth-order valence-electron chi connectivity index (χ4n) is 2.41. The number of nitrogens with two attached hydrogens (primary N) is 1. The summed E-state index contributed by atoms with van der Waals surface area (Å²) in [7, 11) is 0. The van der Waals surface area contributed by atoms with Crippen LogP contribution in [0.15, 0.2) is 30.6 Å². The molecule has 0 spiro atoms. The van der Waals surface area contributed by atoms with Gasteiger partial charge >= 0.3 is 0 Å². The zero-order valence-corrected chi connectivity index (χ0v) is 10.3. The average Bonchev–Trinajstić information content (AvgIpc) is 3.14. The molecule has 0 radical (unpaired) electrons. The van der Waals surface area contributed by atoms with Crippen molar-refractivity contribution < 1.29 is 4.79 Å². The molecule has 1 saturated carbocycles. The van der Waals surface area contributed by atoms with Crippen molar-refractivity contribution in [3.05, 3.63) is 41.9 Å². The Kier molecular flexibility index (Phi) is 2.44. The van der Waals surface area contributed by atoms with Gasteiger partial charge in [0.05, 0.1) is 11.3 Å². The Morgan fingerprint density at radius 1 is 1.50 bits per heavy atom. The van der Waals surface area contributed by atoms with Gasteiger partial charge in [-0.15, -0.1) is 0 Å². The molecule has 1 amide bonds. The molecule has 4 heteroatoms. The third-order valence-electron chi connectivity index (χ3n) is 3.43. The first-order valence-electron chi connectivity index (χ1n) is 6.10. The molecule has 18 heavy (non-hydrogen) atoms. The van der Waals surface area contributed by atoms with Crippen LogP contribution in [0.3, 0.4) is 0 Å². The van der Waals surface area contributed by atoms with Crippen molar-refractivity contribution in [2.24, 2.45) is 5.73 Å². The number of rotatable bonds is 3. The highest BCUT2D eigenvalue weighted by atomic mass is 16.1. The summed E-state index contributed by atoms with van der Waals surface area (Å²) >= 11 is 0. The number of aromatic nitrogens is 2. The second kappa shape index (κ2) is 3.98. The van der Waals surface area contributed by atoms with Crippen LogP contribution in [0.4, 0.5) is 0 Å². The first kappa shape index (κ1) is 11.0. The van der Waals surface area contributed by atoms with Crippen LogP contribution in [0.5, 0.6) is 0 Å². The van der Waals surface area contributed by atoms with E-state index in [2.05, 4.69) is 9.55 Å². The molecule has 0 aliphatic heterocycles. The third-order valence-corrected chi connectivity index (χ3v) is 3.43. The van der Waals surface area contributed by atoms with Crippen LogP contribution in [0.25, 0.3) is 11.3 Å². The van der Waals surface area contributed by atoms with Crippen molar-refractivity contribution in [1.82, 2.24) is 9.55 Å². The molecule has 3 rings (SSSR count). The normalized spacial score (nSPS) is 14.7. The second-order valence-corrected chi connectivity index (χ2v) is 4.74. The van der Waals surface area contributed by atoms with Crippen LogP contribution < -0.4 is 5.73 Å². The highest BCUT2D eigenvalue weighted by molar-refractivity contribution is 5.95. The molecule has 2 aromatic heterocycles. The lowest BCUT2D eigenvalue weighted by atomic mass is 10.2. The number of primary amides is 1. The number of hydrogen-bond acceptors (Lipinski definition) is 2. The number of amides is 1. The summed E-state index contributed by atoms with van der Waals surface area (Å²) in [5.74, 6) is -0.364. The maximum atomic E-state index is 11.5.